The Bertz CT molecular complexity index is 323. The molecule has 0 heterocycles. The number of hydrogen-bond donors (Lipinski definition) is 0. The molecule has 0 radical (unpaired) electrons. The Labute approximate surface area is 104 Å². The minimum absolute atomic E-state index is 0.651. The average molecular weight is 238 g/mol. The summed E-state index contributed by atoms with van der Waals surface area (Å²) in [6.45, 7) is 6.89. The average Bonchev–Trinajstić information content (AvgIpc) is 2.33. The highest BCUT2D eigenvalue weighted by Crippen LogP contribution is 2.20. The Balaban J connectivity index is 2.16. The van der Waals surface area contributed by atoms with Gasteiger partial charge in [0.1, 0.15) is 5.75 Å². The number of methoxy groups -OCH3 is 1. The molecule has 1 aromatic carbocycles. The maximum Gasteiger partial charge on any atom is 0.122 e. The Hall–Kier alpha value is -1.06. The molecule has 1 aromatic rings. The van der Waals surface area contributed by atoms with Crippen molar-refractivity contribution >= 4 is 0 Å². The smallest absolute Gasteiger partial charge is 0.122 e. The molecule has 0 aliphatic carbocycles. The second-order valence-electron chi connectivity index (χ2n) is 4.01. The van der Waals surface area contributed by atoms with Crippen LogP contribution in [0.5, 0.6) is 5.75 Å². The van der Waals surface area contributed by atoms with Gasteiger partial charge in [-0.25, -0.2) is 0 Å². The van der Waals surface area contributed by atoms with Crippen LogP contribution in [0, 0.1) is 13.8 Å². The van der Waals surface area contributed by atoms with E-state index < -0.39 is 0 Å². The molecule has 0 aliphatic heterocycles. The fraction of sp³-hybridized carbons (Fsp3) is 0.571. The molecule has 1 rings (SSSR count). The lowest BCUT2D eigenvalue weighted by Crippen LogP contribution is -2.07. The van der Waals surface area contributed by atoms with Crippen molar-refractivity contribution < 1.29 is 14.2 Å². The lowest BCUT2D eigenvalue weighted by Gasteiger charge is -2.10. The van der Waals surface area contributed by atoms with Gasteiger partial charge in [0.05, 0.1) is 19.8 Å². The molecule has 0 saturated heterocycles. The van der Waals surface area contributed by atoms with E-state index in [-0.39, 0.29) is 0 Å². The molecule has 0 N–H and O–H groups in total. The van der Waals surface area contributed by atoms with Crippen molar-refractivity contribution in [1.29, 1.82) is 0 Å². The zero-order valence-electron chi connectivity index (χ0n) is 11.0. The summed E-state index contributed by atoms with van der Waals surface area (Å²) < 4.78 is 16.0. The molecule has 0 fully saturated rings. The molecule has 0 unspecified atom stereocenters. The minimum atomic E-state index is 0.651. The summed E-state index contributed by atoms with van der Waals surface area (Å²) in [5, 5.41) is 0. The van der Waals surface area contributed by atoms with Gasteiger partial charge in [0.2, 0.25) is 0 Å². The second-order valence-corrected chi connectivity index (χ2v) is 4.01. The fourth-order valence-electron chi connectivity index (χ4n) is 1.47. The Morgan fingerprint density at radius 3 is 2.59 bits per heavy atom. The largest absolute Gasteiger partial charge is 0.493 e. The van der Waals surface area contributed by atoms with Gasteiger partial charge in [0.15, 0.2) is 0 Å². The maximum atomic E-state index is 5.71. The molecule has 0 atom stereocenters. The molecule has 96 valence electrons. The van der Waals surface area contributed by atoms with Crippen LogP contribution in [-0.4, -0.2) is 33.5 Å². The van der Waals surface area contributed by atoms with Crippen LogP contribution in [0.3, 0.4) is 0 Å². The molecule has 17 heavy (non-hydrogen) atoms. The number of aryl methyl sites for hydroxylation is 1. The van der Waals surface area contributed by atoms with Gasteiger partial charge in [-0.15, -0.1) is 0 Å². The minimum Gasteiger partial charge on any atom is -0.493 e. The van der Waals surface area contributed by atoms with E-state index in [9.17, 15) is 0 Å². The van der Waals surface area contributed by atoms with Crippen LogP contribution >= 0.6 is 0 Å². The topological polar surface area (TPSA) is 27.7 Å². The summed E-state index contributed by atoms with van der Waals surface area (Å²) in [4.78, 5) is 0. The van der Waals surface area contributed by atoms with E-state index in [4.69, 9.17) is 14.2 Å². The van der Waals surface area contributed by atoms with Crippen molar-refractivity contribution in [3.63, 3.8) is 0 Å². The number of rotatable bonds is 8. The van der Waals surface area contributed by atoms with E-state index in [1.54, 1.807) is 7.11 Å². The summed E-state index contributed by atoms with van der Waals surface area (Å²) in [6, 6.07) is 6.12. The summed E-state index contributed by atoms with van der Waals surface area (Å²) in [5.74, 6) is 0.974. The Morgan fingerprint density at radius 2 is 1.82 bits per heavy atom. The monoisotopic (exact) mass is 238 g/mol. The van der Waals surface area contributed by atoms with Crippen molar-refractivity contribution in [2.75, 3.05) is 33.5 Å². The van der Waals surface area contributed by atoms with E-state index in [0.29, 0.717) is 26.4 Å². The van der Waals surface area contributed by atoms with Crippen molar-refractivity contribution in [1.82, 2.24) is 0 Å². The van der Waals surface area contributed by atoms with E-state index in [1.165, 1.54) is 11.1 Å². The summed E-state index contributed by atoms with van der Waals surface area (Å²) >= 11 is 0. The first kappa shape index (κ1) is 14.0. The van der Waals surface area contributed by atoms with Gasteiger partial charge in [-0.1, -0.05) is 12.1 Å². The van der Waals surface area contributed by atoms with E-state index in [1.807, 2.05) is 12.1 Å². The Kier molecular flexibility index (Phi) is 6.67. The third-order valence-corrected chi connectivity index (χ3v) is 2.68. The van der Waals surface area contributed by atoms with Gasteiger partial charge in [0, 0.05) is 20.1 Å². The van der Waals surface area contributed by atoms with Crippen LogP contribution in [-0.2, 0) is 9.47 Å². The van der Waals surface area contributed by atoms with Crippen LogP contribution < -0.4 is 4.74 Å². The predicted molar refractivity (Wildman–Crippen MR) is 68.7 cm³/mol. The van der Waals surface area contributed by atoms with Gasteiger partial charge >= 0.3 is 0 Å². The molecule has 0 aromatic heterocycles. The lowest BCUT2D eigenvalue weighted by atomic mass is 10.1. The highest BCUT2D eigenvalue weighted by Gasteiger charge is 2.00. The zero-order valence-corrected chi connectivity index (χ0v) is 11.0. The van der Waals surface area contributed by atoms with Crippen LogP contribution in [0.2, 0.25) is 0 Å². The normalized spacial score (nSPS) is 10.5. The highest BCUT2D eigenvalue weighted by molar-refractivity contribution is 5.38. The lowest BCUT2D eigenvalue weighted by molar-refractivity contribution is 0.0644. The van der Waals surface area contributed by atoms with Gasteiger partial charge in [-0.3, -0.25) is 0 Å². The first-order chi connectivity index (χ1) is 8.25. The molecular formula is C14H22O3. The van der Waals surface area contributed by atoms with Gasteiger partial charge in [-0.05, 0) is 31.0 Å². The summed E-state index contributed by atoms with van der Waals surface area (Å²) in [5.41, 5.74) is 2.48. The number of ether oxygens (including phenoxy) is 3. The van der Waals surface area contributed by atoms with Crippen LogP contribution in [0.25, 0.3) is 0 Å². The molecule has 0 aliphatic rings. The fourth-order valence-corrected chi connectivity index (χ4v) is 1.47. The Morgan fingerprint density at radius 1 is 1.00 bits per heavy atom. The highest BCUT2D eigenvalue weighted by atomic mass is 16.5. The third-order valence-electron chi connectivity index (χ3n) is 2.68. The van der Waals surface area contributed by atoms with Crippen LogP contribution in [0.1, 0.15) is 17.5 Å². The summed E-state index contributed by atoms with van der Waals surface area (Å²) in [7, 11) is 1.67. The van der Waals surface area contributed by atoms with Crippen molar-refractivity contribution in [3.05, 3.63) is 29.3 Å². The standard InChI is InChI=1S/C14H22O3/c1-12-6-4-7-14(13(12)2)17-9-5-8-16-11-10-15-3/h4,6-7H,5,8-11H2,1-3H3. The van der Waals surface area contributed by atoms with Crippen molar-refractivity contribution in [2.45, 2.75) is 20.3 Å². The zero-order chi connectivity index (χ0) is 12.5. The van der Waals surface area contributed by atoms with E-state index >= 15 is 0 Å². The van der Waals surface area contributed by atoms with E-state index in [0.717, 1.165) is 12.2 Å². The van der Waals surface area contributed by atoms with Crippen LogP contribution in [0.15, 0.2) is 18.2 Å². The first-order valence-corrected chi connectivity index (χ1v) is 6.01. The van der Waals surface area contributed by atoms with Gasteiger partial charge in [-0.2, -0.15) is 0 Å². The van der Waals surface area contributed by atoms with E-state index in [2.05, 4.69) is 19.9 Å². The second kappa shape index (κ2) is 8.09. The van der Waals surface area contributed by atoms with Crippen molar-refractivity contribution in [2.24, 2.45) is 0 Å². The molecule has 0 amide bonds. The first-order valence-electron chi connectivity index (χ1n) is 6.01. The maximum absolute atomic E-state index is 5.71. The number of benzene rings is 1. The third kappa shape index (κ3) is 5.20. The quantitative estimate of drug-likeness (QED) is 0.652. The van der Waals surface area contributed by atoms with Crippen molar-refractivity contribution in [3.8, 4) is 5.75 Å². The molecular weight excluding hydrogens is 216 g/mol. The molecule has 3 nitrogen and oxygen atoms in total. The summed E-state index contributed by atoms with van der Waals surface area (Å²) in [6.07, 6.45) is 0.900. The predicted octanol–water partition coefficient (Wildman–Crippen LogP) is 2.74. The number of hydrogen-bond acceptors (Lipinski definition) is 3. The SMILES string of the molecule is COCCOCCCOc1cccc(C)c1C. The molecule has 0 spiro atoms. The molecule has 3 heteroatoms. The van der Waals surface area contributed by atoms with Gasteiger partial charge in [0.25, 0.3) is 0 Å². The molecule has 0 bridgehead atoms. The van der Waals surface area contributed by atoms with Gasteiger partial charge < -0.3 is 14.2 Å². The molecule has 0 saturated carbocycles. The van der Waals surface area contributed by atoms with Crippen LogP contribution in [0.4, 0.5) is 0 Å².